The van der Waals surface area contributed by atoms with Gasteiger partial charge in [0.2, 0.25) is 0 Å². The molecule has 0 fully saturated rings. The summed E-state index contributed by atoms with van der Waals surface area (Å²) in [6, 6.07) is 0. The highest BCUT2D eigenvalue weighted by Crippen LogP contribution is 2.45. The van der Waals surface area contributed by atoms with Crippen molar-refractivity contribution in [1.29, 1.82) is 0 Å². The zero-order chi connectivity index (χ0) is 73.1. The van der Waals surface area contributed by atoms with E-state index in [9.17, 15) is 43.2 Å². The Balaban J connectivity index is 5.24. The van der Waals surface area contributed by atoms with Crippen LogP contribution in [0.5, 0.6) is 0 Å². The molecule has 0 aliphatic heterocycles. The largest absolute Gasteiger partial charge is 0.472 e. The highest BCUT2D eigenvalue weighted by Gasteiger charge is 2.30. The fourth-order valence-electron chi connectivity index (χ4n) is 12.2. The maximum Gasteiger partial charge on any atom is 0.472 e. The average molecular weight is 1450 g/mol. The first-order valence-electron chi connectivity index (χ1n) is 41.3. The Morgan fingerprint density at radius 1 is 0.283 bits per heavy atom. The van der Waals surface area contributed by atoms with Crippen molar-refractivity contribution in [2.45, 2.75) is 427 Å². The van der Waals surface area contributed by atoms with E-state index in [4.69, 9.17) is 37.0 Å². The van der Waals surface area contributed by atoms with Gasteiger partial charge in [0.1, 0.15) is 19.3 Å². The van der Waals surface area contributed by atoms with Crippen LogP contribution in [0.3, 0.4) is 0 Å². The summed E-state index contributed by atoms with van der Waals surface area (Å²) in [7, 11) is -9.92. The number of esters is 4. The van der Waals surface area contributed by atoms with Crippen LogP contribution in [0.2, 0.25) is 0 Å². The number of hydrogen-bond donors (Lipinski definition) is 3. The van der Waals surface area contributed by atoms with E-state index in [-0.39, 0.29) is 25.7 Å². The van der Waals surface area contributed by atoms with E-state index in [1.165, 1.54) is 205 Å². The second kappa shape index (κ2) is 69.1. The molecule has 0 heterocycles. The predicted molar refractivity (Wildman–Crippen MR) is 404 cm³/mol. The lowest BCUT2D eigenvalue weighted by Gasteiger charge is -2.21. The lowest BCUT2D eigenvalue weighted by molar-refractivity contribution is -0.161. The number of phosphoric ester groups is 2. The van der Waals surface area contributed by atoms with E-state index in [0.29, 0.717) is 25.7 Å². The van der Waals surface area contributed by atoms with Gasteiger partial charge in [-0.1, -0.05) is 357 Å². The number of ether oxygens (including phenoxy) is 4. The Morgan fingerprint density at radius 3 is 0.717 bits per heavy atom. The molecule has 3 N–H and O–H groups in total. The first-order chi connectivity index (χ1) is 47.7. The first-order valence-corrected chi connectivity index (χ1v) is 44.3. The number of phosphoric acid groups is 2. The summed E-state index contributed by atoms with van der Waals surface area (Å²) in [5.41, 5.74) is 0. The van der Waals surface area contributed by atoms with Crippen molar-refractivity contribution in [3.63, 3.8) is 0 Å². The molecule has 0 aromatic carbocycles. The molecule has 4 unspecified atom stereocenters. The molecule has 0 saturated heterocycles. The van der Waals surface area contributed by atoms with E-state index >= 15 is 0 Å². The number of unbranched alkanes of at least 4 members (excludes halogenated alkanes) is 41. The fourth-order valence-corrected chi connectivity index (χ4v) is 13.8. The number of carbonyl (C=O) groups excluding carboxylic acids is 4. The molecule has 0 aromatic heterocycles. The van der Waals surface area contributed by atoms with E-state index in [2.05, 4.69) is 55.4 Å². The normalized spacial score (nSPS) is 14.6. The maximum atomic E-state index is 13.1. The Kier molecular flexibility index (Phi) is 67.8. The molecule has 0 amide bonds. The van der Waals surface area contributed by atoms with E-state index in [0.717, 1.165) is 120 Å². The molecular formula is C80H156O17P2. The number of hydrogen-bond acceptors (Lipinski definition) is 15. The van der Waals surface area contributed by atoms with Crippen LogP contribution in [0.1, 0.15) is 409 Å². The van der Waals surface area contributed by atoms with Crippen molar-refractivity contribution in [3.8, 4) is 0 Å². The molecule has 0 radical (unpaired) electrons. The van der Waals surface area contributed by atoms with Crippen molar-refractivity contribution in [1.82, 2.24) is 0 Å². The number of carbonyl (C=O) groups is 4. The van der Waals surface area contributed by atoms with Crippen molar-refractivity contribution in [3.05, 3.63) is 0 Å². The Bertz CT molecular complexity index is 1940. The molecule has 0 bridgehead atoms. The zero-order valence-corrected chi connectivity index (χ0v) is 66.9. The van der Waals surface area contributed by atoms with Crippen LogP contribution in [0.15, 0.2) is 0 Å². The summed E-state index contributed by atoms with van der Waals surface area (Å²) < 4.78 is 68.7. The van der Waals surface area contributed by atoms with Crippen LogP contribution < -0.4 is 0 Å². The summed E-state index contributed by atoms with van der Waals surface area (Å²) in [6.45, 7) is 14.3. The van der Waals surface area contributed by atoms with Crippen LogP contribution in [0.25, 0.3) is 0 Å². The smallest absolute Gasteiger partial charge is 0.462 e. The molecule has 588 valence electrons. The molecule has 0 saturated carbocycles. The second-order valence-corrected chi connectivity index (χ2v) is 33.1. The molecule has 19 heteroatoms. The van der Waals surface area contributed by atoms with Crippen molar-refractivity contribution in [2.24, 2.45) is 23.7 Å². The minimum Gasteiger partial charge on any atom is -0.462 e. The van der Waals surface area contributed by atoms with Gasteiger partial charge in [0.25, 0.3) is 0 Å². The number of aliphatic hydroxyl groups excluding tert-OH is 1. The summed E-state index contributed by atoms with van der Waals surface area (Å²) in [5, 5.41) is 10.6. The standard InChI is InChI=1S/C80H156O17P2/c1-9-72(7)58-50-42-34-28-22-16-12-14-17-23-29-35-44-52-60-77(82)90-66-75(96-80(85)63-55-47-37-31-25-19-21-27-33-41-49-57-71(5)6)68-94-98(86,87)92-64-74(81)65-93-99(88,89)95-69-76(67-91-78(83)61-53-45-39-38-43-51-59-73(8)10-2)97-79(84)62-54-46-36-30-24-18-13-11-15-20-26-32-40-48-56-70(3)4/h70-76,81H,9-69H2,1-8H3,(H,86,87)(H,88,89)/t72?,73?,74-,75-,76-/m1/s1. The van der Waals surface area contributed by atoms with Crippen molar-refractivity contribution in [2.75, 3.05) is 39.6 Å². The van der Waals surface area contributed by atoms with Gasteiger partial charge in [-0.25, -0.2) is 9.13 Å². The molecular weight excluding hydrogens is 1290 g/mol. The Hall–Kier alpha value is -1.94. The van der Waals surface area contributed by atoms with E-state index < -0.39 is 97.5 Å². The summed E-state index contributed by atoms with van der Waals surface area (Å²) >= 11 is 0. The van der Waals surface area contributed by atoms with E-state index in [1.54, 1.807) is 0 Å². The zero-order valence-electron chi connectivity index (χ0n) is 65.1. The van der Waals surface area contributed by atoms with Gasteiger partial charge in [-0.2, -0.15) is 0 Å². The summed E-state index contributed by atoms with van der Waals surface area (Å²) in [6.07, 6.45) is 55.4. The minimum atomic E-state index is -4.96. The molecule has 99 heavy (non-hydrogen) atoms. The average Bonchev–Trinajstić information content (AvgIpc) is 1.10. The Labute approximate surface area is 607 Å². The quantitative estimate of drug-likeness (QED) is 0.0222. The third-order valence-electron chi connectivity index (χ3n) is 19.3. The van der Waals surface area contributed by atoms with Crippen LogP contribution in [0.4, 0.5) is 0 Å². The highest BCUT2D eigenvalue weighted by molar-refractivity contribution is 7.47. The van der Waals surface area contributed by atoms with Crippen LogP contribution in [-0.4, -0.2) is 96.7 Å². The SMILES string of the molecule is CCC(C)CCCCCCCCCCCCCCCCC(=O)OC[C@H](COP(=O)(O)OC[C@@H](O)COP(=O)(O)OC[C@@H](COC(=O)CCCCCCCCC(C)CC)OC(=O)CCCCCCCCCCCCCCCCC(C)C)OC(=O)CCCCCCCCCCCCCC(C)C. The monoisotopic (exact) mass is 1450 g/mol. The van der Waals surface area contributed by atoms with Gasteiger partial charge >= 0.3 is 39.5 Å². The molecule has 0 rings (SSSR count). The molecule has 0 aromatic rings. The topological polar surface area (TPSA) is 237 Å². The van der Waals surface area contributed by atoms with Gasteiger partial charge in [-0.3, -0.25) is 37.3 Å². The van der Waals surface area contributed by atoms with E-state index in [1.807, 2.05) is 0 Å². The molecule has 0 aliphatic carbocycles. The predicted octanol–water partition coefficient (Wildman–Crippen LogP) is 23.6. The van der Waals surface area contributed by atoms with Gasteiger partial charge in [0, 0.05) is 25.7 Å². The van der Waals surface area contributed by atoms with Crippen molar-refractivity contribution < 1.29 is 80.2 Å². The highest BCUT2D eigenvalue weighted by atomic mass is 31.2. The summed E-state index contributed by atoms with van der Waals surface area (Å²) in [4.78, 5) is 73.0. The van der Waals surface area contributed by atoms with Gasteiger partial charge in [-0.05, 0) is 49.4 Å². The number of rotatable bonds is 77. The van der Waals surface area contributed by atoms with Crippen molar-refractivity contribution >= 4 is 39.5 Å². The van der Waals surface area contributed by atoms with Crippen LogP contribution in [-0.2, 0) is 65.4 Å². The van der Waals surface area contributed by atoms with Crippen LogP contribution >= 0.6 is 15.6 Å². The van der Waals surface area contributed by atoms with Gasteiger partial charge in [0.15, 0.2) is 12.2 Å². The van der Waals surface area contributed by atoms with Gasteiger partial charge in [0.05, 0.1) is 26.4 Å². The molecule has 7 atom stereocenters. The summed E-state index contributed by atoms with van der Waals surface area (Å²) in [5.74, 6) is 1.03. The maximum absolute atomic E-state index is 13.1. The first kappa shape index (κ1) is 97.1. The fraction of sp³-hybridized carbons (Fsp3) is 0.950. The Morgan fingerprint density at radius 2 is 0.485 bits per heavy atom. The second-order valence-electron chi connectivity index (χ2n) is 30.2. The minimum absolute atomic E-state index is 0.106. The molecule has 17 nitrogen and oxygen atoms in total. The third kappa shape index (κ3) is 71.5. The number of aliphatic hydroxyl groups is 1. The van der Waals surface area contributed by atoms with Crippen LogP contribution in [0, 0.1) is 23.7 Å². The van der Waals surface area contributed by atoms with Gasteiger partial charge < -0.3 is 33.8 Å². The van der Waals surface area contributed by atoms with Gasteiger partial charge in [-0.15, -0.1) is 0 Å². The third-order valence-corrected chi connectivity index (χ3v) is 21.2. The molecule has 0 spiro atoms. The lowest BCUT2D eigenvalue weighted by Crippen LogP contribution is -2.30. The lowest BCUT2D eigenvalue weighted by atomic mass is 9.99. The molecule has 0 aliphatic rings.